The number of halogens is 1. The second kappa shape index (κ2) is 3.25. The van der Waals surface area contributed by atoms with Gasteiger partial charge in [-0.1, -0.05) is 0 Å². The Morgan fingerprint density at radius 2 is 2.20 bits per heavy atom. The summed E-state index contributed by atoms with van der Waals surface area (Å²) in [5, 5.41) is 0. The quantitative estimate of drug-likeness (QED) is 0.326. The third-order valence-corrected chi connectivity index (χ3v) is 2.19. The van der Waals surface area contributed by atoms with E-state index in [2.05, 4.69) is 2.85 Å². The van der Waals surface area contributed by atoms with Crippen LogP contribution in [0.3, 0.4) is 0 Å². The number of rotatable bonds is 0. The average Bonchev–Trinajstić information content (AvgIpc) is 1.38. The molecule has 0 N–H and O–H groups in total. The minimum atomic E-state index is -0.612. The first-order chi connectivity index (χ1) is 2.27. The monoisotopic (exact) mass is 200 g/mol. The molecule has 28 valence electrons. The summed E-state index contributed by atoms with van der Waals surface area (Å²) in [6.45, 7) is 1.84. The molecule has 0 heterocycles. The maximum atomic E-state index is 5.13. The molecule has 1 unspecified atom stereocenters. The van der Waals surface area contributed by atoms with Gasteiger partial charge in [-0.2, -0.15) is 0 Å². The van der Waals surface area contributed by atoms with Gasteiger partial charge in [-0.15, -0.1) is 0 Å². The van der Waals surface area contributed by atoms with Crippen molar-refractivity contribution in [1.29, 1.82) is 0 Å². The SMILES string of the molecule is B#P(C)OI. The van der Waals surface area contributed by atoms with Gasteiger partial charge in [-0.25, -0.2) is 0 Å². The van der Waals surface area contributed by atoms with E-state index in [-0.39, 0.29) is 0 Å². The zero-order valence-corrected chi connectivity index (χ0v) is 5.86. The van der Waals surface area contributed by atoms with Gasteiger partial charge in [0.05, 0.1) is 0 Å². The van der Waals surface area contributed by atoms with Gasteiger partial charge in [0, 0.05) is 0 Å². The van der Waals surface area contributed by atoms with E-state index < -0.39 is 7.46 Å². The third kappa shape index (κ3) is 5.05. The predicted molar refractivity (Wildman–Crippen MR) is 33.7 cm³/mol. The van der Waals surface area contributed by atoms with Crippen molar-refractivity contribution in [3.8, 4) is 0 Å². The molecule has 1 nitrogen and oxygen atoms in total. The molecule has 0 bridgehead atoms. The molecule has 4 heteroatoms. The predicted octanol–water partition coefficient (Wildman–Crippen LogP) is 1.46. The topological polar surface area (TPSA) is 9.23 Å². The normalized spacial score (nSPS) is 11.6. The summed E-state index contributed by atoms with van der Waals surface area (Å²) in [5.74, 6) is 0. The van der Waals surface area contributed by atoms with Gasteiger partial charge in [0.1, 0.15) is 0 Å². The Morgan fingerprint density at radius 1 is 2.00 bits per heavy atom. The van der Waals surface area contributed by atoms with Gasteiger partial charge >= 0.3 is 47.0 Å². The van der Waals surface area contributed by atoms with E-state index in [9.17, 15) is 0 Å². The van der Waals surface area contributed by atoms with Crippen LogP contribution in [0.1, 0.15) is 0 Å². The van der Waals surface area contributed by atoms with Crippen molar-refractivity contribution >= 4 is 37.5 Å². The van der Waals surface area contributed by atoms with Crippen molar-refractivity contribution in [1.82, 2.24) is 0 Å². The second-order valence-corrected chi connectivity index (χ2v) is 3.03. The zero-order chi connectivity index (χ0) is 4.28. The molecule has 0 fully saturated rings. The summed E-state index contributed by atoms with van der Waals surface area (Å²) >= 11 is 1.78. The molecule has 0 aromatic heterocycles. The van der Waals surface area contributed by atoms with Crippen molar-refractivity contribution in [3.05, 3.63) is 0 Å². The molecule has 0 aromatic rings. The molecule has 0 saturated carbocycles. The summed E-state index contributed by atoms with van der Waals surface area (Å²) < 4.78 is 4.56. The summed E-state index contributed by atoms with van der Waals surface area (Å²) in [5.41, 5.74) is 0. The van der Waals surface area contributed by atoms with Crippen LogP contribution in [0.5, 0.6) is 0 Å². The Bertz CT molecular complexity index is 73.5. The molecule has 0 amide bonds. The van der Waals surface area contributed by atoms with E-state index in [4.69, 9.17) is 7.01 Å². The van der Waals surface area contributed by atoms with Crippen LogP contribution in [0.2, 0.25) is 0 Å². The van der Waals surface area contributed by atoms with Crippen molar-refractivity contribution in [2.75, 3.05) is 6.66 Å². The van der Waals surface area contributed by atoms with Crippen molar-refractivity contribution in [2.45, 2.75) is 0 Å². The molecular weight excluding hydrogens is 197 g/mol. The molecule has 0 aliphatic carbocycles. The fraction of sp³-hybridized carbons (Fsp3) is 1.00. The van der Waals surface area contributed by atoms with E-state index in [1.165, 1.54) is 0 Å². The van der Waals surface area contributed by atoms with Crippen LogP contribution in [0.4, 0.5) is 0 Å². The molecular formula is CH3BIOP. The van der Waals surface area contributed by atoms with Crippen LogP contribution < -0.4 is 0 Å². The van der Waals surface area contributed by atoms with Gasteiger partial charge in [0.25, 0.3) is 0 Å². The Morgan fingerprint density at radius 3 is 2.20 bits per heavy atom. The van der Waals surface area contributed by atoms with E-state index >= 15 is 0 Å². The molecule has 0 aliphatic heterocycles. The average molecular weight is 200 g/mol. The van der Waals surface area contributed by atoms with Gasteiger partial charge in [0.2, 0.25) is 0 Å². The Labute approximate surface area is 47.2 Å². The van der Waals surface area contributed by atoms with Crippen molar-refractivity contribution in [3.63, 3.8) is 0 Å². The van der Waals surface area contributed by atoms with E-state index in [0.717, 1.165) is 0 Å². The minimum absolute atomic E-state index is 0.612. The fourth-order valence-electron chi connectivity index (χ4n) is 0. The Balaban J connectivity index is 2.97. The first kappa shape index (κ1) is 6.05. The van der Waals surface area contributed by atoms with Crippen LogP contribution in [0, 0.1) is 0 Å². The summed E-state index contributed by atoms with van der Waals surface area (Å²) in [6, 6.07) is 0. The molecule has 0 rings (SSSR count). The maximum absolute atomic E-state index is 5.13. The molecule has 1 atom stereocenters. The van der Waals surface area contributed by atoms with Crippen molar-refractivity contribution < 1.29 is 2.85 Å². The second-order valence-electron chi connectivity index (χ2n) is 0.615. The van der Waals surface area contributed by atoms with Gasteiger partial charge in [-0.05, 0) is 0 Å². The molecule has 0 saturated heterocycles. The first-order valence-electron chi connectivity index (χ1n) is 1.04. The van der Waals surface area contributed by atoms with E-state index in [1.54, 1.807) is 23.0 Å². The summed E-state index contributed by atoms with van der Waals surface area (Å²) in [4.78, 5) is 0. The molecule has 0 radical (unpaired) electrons. The van der Waals surface area contributed by atoms with Gasteiger partial charge in [-0.3, -0.25) is 0 Å². The van der Waals surface area contributed by atoms with Crippen LogP contribution in [0.15, 0.2) is 0 Å². The molecule has 5 heavy (non-hydrogen) atoms. The van der Waals surface area contributed by atoms with Crippen molar-refractivity contribution in [2.24, 2.45) is 0 Å². The van der Waals surface area contributed by atoms with E-state index in [0.29, 0.717) is 0 Å². The summed E-state index contributed by atoms with van der Waals surface area (Å²) in [6.07, 6.45) is 0. The third-order valence-electron chi connectivity index (χ3n) is 0.109. The van der Waals surface area contributed by atoms with Crippen LogP contribution >= 0.6 is 30.5 Å². The van der Waals surface area contributed by atoms with Crippen LogP contribution in [-0.4, -0.2) is 13.7 Å². The summed E-state index contributed by atoms with van der Waals surface area (Å²) in [7, 11) is 4.52. The van der Waals surface area contributed by atoms with Crippen LogP contribution in [-0.2, 0) is 2.85 Å². The number of hydrogen-bond acceptors (Lipinski definition) is 1. The van der Waals surface area contributed by atoms with E-state index in [1.807, 2.05) is 6.66 Å². The zero-order valence-electron chi connectivity index (χ0n) is 2.81. The Kier molecular flexibility index (Phi) is 3.94. The molecule has 0 aromatic carbocycles. The van der Waals surface area contributed by atoms with Crippen LogP contribution in [0.25, 0.3) is 0 Å². The van der Waals surface area contributed by atoms with Gasteiger partial charge < -0.3 is 0 Å². The molecule has 0 aliphatic rings. The fourth-order valence-corrected chi connectivity index (χ4v) is 0. The number of hydrogen-bond donors (Lipinski definition) is 0. The van der Waals surface area contributed by atoms with Gasteiger partial charge in [0.15, 0.2) is 0 Å². The Hall–Kier alpha value is 1.05. The standard InChI is InChI=1S/CH3BIOP/c1-5(2)4-3/h1H3. The first-order valence-corrected chi connectivity index (χ1v) is 3.70. The molecule has 0 spiro atoms.